The molecule has 3 rings (SSSR count). The summed E-state index contributed by atoms with van der Waals surface area (Å²) < 4.78 is 0. The molecule has 0 bridgehead atoms. The monoisotopic (exact) mass is 268 g/mol. The van der Waals surface area contributed by atoms with E-state index in [9.17, 15) is 9.59 Å². The Labute approximate surface area is 116 Å². The van der Waals surface area contributed by atoms with E-state index >= 15 is 0 Å². The highest BCUT2D eigenvalue weighted by atomic mass is 16.2. The van der Waals surface area contributed by atoms with Crippen molar-refractivity contribution in [2.45, 2.75) is 26.7 Å². The van der Waals surface area contributed by atoms with Gasteiger partial charge >= 0.3 is 0 Å². The van der Waals surface area contributed by atoms with Gasteiger partial charge in [0.05, 0.1) is 10.9 Å². The Bertz CT molecular complexity index is 834. The molecule has 1 aliphatic rings. The molecule has 1 saturated carbocycles. The van der Waals surface area contributed by atoms with Crippen molar-refractivity contribution in [2.24, 2.45) is 0 Å². The van der Waals surface area contributed by atoms with Gasteiger partial charge in [0, 0.05) is 16.7 Å². The average molecular weight is 268 g/mol. The number of carbonyl (C=O) groups is 2. The smallest absolute Gasteiger partial charge is 0.185 e. The van der Waals surface area contributed by atoms with Crippen LogP contribution in [0.4, 0.5) is 0 Å². The van der Waals surface area contributed by atoms with Crippen molar-refractivity contribution in [3.63, 3.8) is 0 Å². The van der Waals surface area contributed by atoms with Gasteiger partial charge in [-0.25, -0.2) is 0 Å². The van der Waals surface area contributed by atoms with Crippen molar-refractivity contribution in [1.82, 2.24) is 9.97 Å². The second-order valence-electron chi connectivity index (χ2n) is 5.44. The number of hydrogen-bond acceptors (Lipinski definition) is 2. The van der Waals surface area contributed by atoms with Crippen LogP contribution in [0.1, 0.15) is 28.4 Å². The highest BCUT2D eigenvalue weighted by molar-refractivity contribution is 6.59. The number of Topliss-reactive ketones (excluding diaryl/α,β-unsaturated/α-hetero) is 2. The van der Waals surface area contributed by atoms with Crippen LogP contribution >= 0.6 is 0 Å². The maximum absolute atomic E-state index is 12.4. The number of hydrogen-bond donors (Lipinski definition) is 2. The molecule has 0 amide bonds. The minimum absolute atomic E-state index is 0.120. The van der Waals surface area contributed by atoms with E-state index in [-0.39, 0.29) is 17.1 Å². The lowest BCUT2D eigenvalue weighted by molar-refractivity contribution is -0.129. The van der Waals surface area contributed by atoms with Crippen molar-refractivity contribution < 1.29 is 9.59 Å². The fourth-order valence-electron chi connectivity index (χ4n) is 2.90. The van der Waals surface area contributed by atoms with Crippen LogP contribution in [0.2, 0.25) is 0 Å². The Hall–Kier alpha value is -2.36. The maximum Gasteiger partial charge on any atom is 0.185 e. The maximum atomic E-state index is 12.4. The van der Waals surface area contributed by atoms with Gasteiger partial charge in [0.2, 0.25) is 0 Å². The third kappa shape index (κ3) is 1.61. The molecule has 2 heterocycles. The molecule has 0 saturated heterocycles. The predicted molar refractivity (Wildman–Crippen MR) is 76.7 cm³/mol. The predicted octanol–water partition coefficient (Wildman–Crippen LogP) is 0.765. The summed E-state index contributed by atoms with van der Waals surface area (Å²) in [6, 6.07) is 3.78. The topological polar surface area (TPSA) is 65.7 Å². The van der Waals surface area contributed by atoms with E-state index in [1.54, 1.807) is 0 Å². The van der Waals surface area contributed by atoms with E-state index in [1.807, 2.05) is 32.9 Å². The van der Waals surface area contributed by atoms with E-state index < -0.39 is 5.92 Å². The van der Waals surface area contributed by atoms with Crippen molar-refractivity contribution >= 4 is 23.7 Å². The van der Waals surface area contributed by atoms with Crippen LogP contribution in [0, 0.1) is 20.8 Å². The summed E-state index contributed by atoms with van der Waals surface area (Å²) in [6.07, 6.45) is 0. The number of rotatable bonds is 1. The summed E-state index contributed by atoms with van der Waals surface area (Å²) in [5, 5.41) is 1.32. The molecule has 2 aromatic rings. The van der Waals surface area contributed by atoms with Gasteiger partial charge in [0.15, 0.2) is 11.6 Å². The molecule has 2 N–H and O–H groups in total. The fraction of sp³-hybridized carbons (Fsp3) is 0.250. The van der Waals surface area contributed by atoms with Crippen LogP contribution in [0.3, 0.4) is 0 Å². The second kappa shape index (κ2) is 4.07. The molecule has 1 fully saturated rings. The van der Waals surface area contributed by atoms with Gasteiger partial charge in [-0.15, -0.1) is 0 Å². The van der Waals surface area contributed by atoms with E-state index in [4.69, 9.17) is 0 Å². The van der Waals surface area contributed by atoms with Gasteiger partial charge in [-0.3, -0.25) is 9.59 Å². The van der Waals surface area contributed by atoms with Gasteiger partial charge in [-0.1, -0.05) is 6.58 Å². The van der Waals surface area contributed by atoms with Crippen molar-refractivity contribution in [2.75, 3.05) is 0 Å². The molecule has 0 aromatic carbocycles. The van der Waals surface area contributed by atoms with Crippen LogP contribution < -0.4 is 10.7 Å². The normalized spacial score (nSPS) is 18.6. The number of ketones is 2. The molecule has 0 atom stereocenters. The highest BCUT2D eigenvalue weighted by Crippen LogP contribution is 2.35. The summed E-state index contributed by atoms with van der Waals surface area (Å²) in [6.45, 7) is 9.48. The van der Waals surface area contributed by atoms with Crippen molar-refractivity contribution in [1.29, 1.82) is 0 Å². The van der Waals surface area contributed by atoms with E-state index in [0.29, 0.717) is 10.7 Å². The quantitative estimate of drug-likeness (QED) is 0.750. The van der Waals surface area contributed by atoms with Gasteiger partial charge in [-0.2, -0.15) is 0 Å². The summed E-state index contributed by atoms with van der Waals surface area (Å²) in [4.78, 5) is 30.9. The number of nitrogens with one attached hydrogen (secondary N) is 2. The first-order valence-corrected chi connectivity index (χ1v) is 6.53. The molecule has 102 valence electrons. The summed E-state index contributed by atoms with van der Waals surface area (Å²) in [7, 11) is 0. The van der Waals surface area contributed by atoms with Crippen LogP contribution in [0.5, 0.6) is 0 Å². The van der Waals surface area contributed by atoms with Crippen molar-refractivity contribution in [3.8, 4) is 0 Å². The number of carbonyl (C=O) groups excluding carboxylic acids is 2. The van der Waals surface area contributed by atoms with Gasteiger partial charge in [0.1, 0.15) is 5.92 Å². The third-order valence-electron chi connectivity index (χ3n) is 3.82. The van der Waals surface area contributed by atoms with Crippen molar-refractivity contribution in [3.05, 3.63) is 45.3 Å². The zero-order valence-corrected chi connectivity index (χ0v) is 11.8. The zero-order valence-electron chi connectivity index (χ0n) is 11.8. The van der Waals surface area contributed by atoms with E-state index in [1.165, 1.54) is 0 Å². The van der Waals surface area contributed by atoms with Gasteiger partial charge < -0.3 is 9.97 Å². The first-order valence-electron chi connectivity index (χ1n) is 6.53. The molecule has 4 nitrogen and oxygen atoms in total. The minimum atomic E-state index is -0.672. The Morgan fingerprint density at radius 3 is 2.10 bits per heavy atom. The minimum Gasteiger partial charge on any atom is -0.361 e. The first kappa shape index (κ1) is 12.7. The lowest BCUT2D eigenvalue weighted by atomic mass is 9.74. The first-order chi connectivity index (χ1) is 9.40. The molecule has 0 radical (unpaired) electrons. The molecule has 20 heavy (non-hydrogen) atoms. The van der Waals surface area contributed by atoms with E-state index in [2.05, 4.69) is 16.5 Å². The highest BCUT2D eigenvalue weighted by Gasteiger charge is 2.47. The largest absolute Gasteiger partial charge is 0.361 e. The summed E-state index contributed by atoms with van der Waals surface area (Å²) >= 11 is 0. The number of H-pyrrole nitrogens is 2. The van der Waals surface area contributed by atoms with Crippen LogP contribution in [-0.4, -0.2) is 21.5 Å². The number of aromatic nitrogens is 2. The third-order valence-corrected chi connectivity index (χ3v) is 3.82. The Morgan fingerprint density at radius 1 is 1.00 bits per heavy atom. The number of aromatic amines is 2. The zero-order chi connectivity index (χ0) is 14.6. The summed E-state index contributed by atoms with van der Waals surface area (Å²) in [5.74, 6) is -0.913. The average Bonchev–Trinajstić information content (AvgIpc) is 2.83. The molecule has 0 aliphatic heterocycles. The molecule has 1 aliphatic carbocycles. The molecule has 2 aromatic heterocycles. The molecule has 0 unspecified atom stereocenters. The SMILES string of the molecule is C=c1cc(C)c(=C2C(=O)C(c3[nH]c(C)cc3C)C2=O)[nH]1. The summed E-state index contributed by atoms with van der Waals surface area (Å²) in [5.41, 5.74) is 3.79. The Morgan fingerprint density at radius 2 is 1.65 bits per heavy atom. The lowest BCUT2D eigenvalue weighted by Crippen LogP contribution is -2.43. The molecular weight excluding hydrogens is 252 g/mol. The van der Waals surface area contributed by atoms with Crippen LogP contribution in [0.25, 0.3) is 12.2 Å². The van der Waals surface area contributed by atoms with Gasteiger partial charge in [-0.05, 0) is 44.0 Å². The lowest BCUT2D eigenvalue weighted by Gasteiger charge is -2.25. The second-order valence-corrected chi connectivity index (χ2v) is 5.44. The Kier molecular flexibility index (Phi) is 2.57. The number of aryl methyl sites for hydroxylation is 3. The van der Waals surface area contributed by atoms with Crippen LogP contribution in [0.15, 0.2) is 12.1 Å². The van der Waals surface area contributed by atoms with Crippen LogP contribution in [-0.2, 0) is 9.59 Å². The molecule has 4 heteroatoms. The fourth-order valence-corrected chi connectivity index (χ4v) is 2.90. The van der Waals surface area contributed by atoms with E-state index in [0.717, 1.165) is 22.5 Å². The molecule has 0 spiro atoms. The Balaban J connectivity index is 2.12. The standard InChI is InChI=1S/C16H16N2O2/c1-7-5-9(3)17-13(7)11-15(19)12(16(11)20)14-8(2)6-10(4)18-14/h5-6,12,17-18H,3H2,1-2,4H3. The van der Waals surface area contributed by atoms with Gasteiger partial charge in [0.25, 0.3) is 0 Å². The molecular formula is C16H16N2O2.